The minimum absolute atomic E-state index is 0.903. The van der Waals surface area contributed by atoms with Crippen LogP contribution in [0.15, 0.2) is 50.6 Å². The van der Waals surface area contributed by atoms with Gasteiger partial charge in [-0.25, -0.2) is 0 Å². The second-order valence-electron chi connectivity index (χ2n) is 4.85. The predicted octanol–water partition coefficient (Wildman–Crippen LogP) is 3.90. The molecular weight excluding hydrogens is 244 g/mol. The van der Waals surface area contributed by atoms with E-state index in [4.69, 9.17) is 0 Å². The van der Waals surface area contributed by atoms with E-state index in [9.17, 15) is 0 Å². The highest BCUT2D eigenvalue weighted by atomic mass is 15.3. The van der Waals surface area contributed by atoms with E-state index in [-0.39, 0.29) is 0 Å². The Morgan fingerprint density at radius 2 is 0.900 bits per heavy atom. The first-order chi connectivity index (χ1) is 9.59. The molecular formula is C18H35N2+. The van der Waals surface area contributed by atoms with Crippen molar-refractivity contribution in [3.8, 4) is 0 Å². The highest BCUT2D eigenvalue weighted by molar-refractivity contribution is 4.79. The summed E-state index contributed by atoms with van der Waals surface area (Å²) < 4.78 is 0.903. The van der Waals surface area contributed by atoms with Crippen LogP contribution >= 0.6 is 0 Å². The Hall–Kier alpha value is -1.12. The van der Waals surface area contributed by atoms with Gasteiger partial charge in [0.2, 0.25) is 0 Å². The van der Waals surface area contributed by atoms with Crippen LogP contribution in [0.3, 0.4) is 0 Å². The smallest absolute Gasteiger partial charge is 0.0978 e. The summed E-state index contributed by atoms with van der Waals surface area (Å²) >= 11 is 0. The molecule has 0 aromatic heterocycles. The number of rotatable bonds is 11. The second kappa shape index (κ2) is 14.3. The van der Waals surface area contributed by atoms with Crippen LogP contribution in [-0.2, 0) is 0 Å². The summed E-state index contributed by atoms with van der Waals surface area (Å²) in [7, 11) is 0. The van der Waals surface area contributed by atoms with Crippen molar-refractivity contribution >= 4 is 0 Å². The van der Waals surface area contributed by atoms with Crippen LogP contribution in [0.2, 0.25) is 0 Å². The molecule has 0 heterocycles. The Bertz CT molecular complexity index is 214. The van der Waals surface area contributed by atoms with E-state index in [1.807, 2.05) is 24.3 Å². The van der Waals surface area contributed by atoms with E-state index in [0.29, 0.717) is 0 Å². The maximum atomic E-state index is 3.77. The first-order valence-corrected chi connectivity index (χ1v) is 7.60. The predicted molar refractivity (Wildman–Crippen MR) is 94.0 cm³/mol. The van der Waals surface area contributed by atoms with Gasteiger partial charge in [-0.2, -0.15) is 0 Å². The highest BCUT2D eigenvalue weighted by Crippen LogP contribution is 2.07. The van der Waals surface area contributed by atoms with Crippen LogP contribution in [0, 0.1) is 0 Å². The quantitative estimate of drug-likeness (QED) is 0.409. The van der Waals surface area contributed by atoms with E-state index >= 15 is 0 Å². The van der Waals surface area contributed by atoms with Gasteiger partial charge in [0.25, 0.3) is 0 Å². The van der Waals surface area contributed by atoms with Gasteiger partial charge in [-0.1, -0.05) is 47.1 Å². The summed E-state index contributed by atoms with van der Waals surface area (Å²) in [5.74, 6) is 0. The molecule has 20 heavy (non-hydrogen) atoms. The maximum Gasteiger partial charge on any atom is 0.0978 e. The molecule has 0 radical (unpaired) electrons. The van der Waals surface area contributed by atoms with Gasteiger partial charge in [0, 0.05) is 0 Å². The molecule has 0 amide bonds. The van der Waals surface area contributed by atoms with Crippen LogP contribution in [0.4, 0.5) is 0 Å². The van der Waals surface area contributed by atoms with Crippen LogP contribution in [0.25, 0.3) is 0 Å². The number of quaternary nitrogens is 1. The lowest BCUT2D eigenvalue weighted by atomic mass is 10.3. The van der Waals surface area contributed by atoms with Crippen molar-refractivity contribution < 1.29 is 4.48 Å². The molecule has 0 spiro atoms. The number of hydrogen-bond donors (Lipinski definition) is 0. The molecule has 0 saturated carbocycles. The van der Waals surface area contributed by atoms with E-state index in [1.54, 1.807) is 0 Å². The molecule has 0 aromatic carbocycles. The molecule has 2 heteroatoms. The van der Waals surface area contributed by atoms with Crippen molar-refractivity contribution in [3.63, 3.8) is 0 Å². The molecule has 0 N–H and O–H groups in total. The Morgan fingerprint density at radius 1 is 0.650 bits per heavy atom. The fourth-order valence-corrected chi connectivity index (χ4v) is 2.21. The van der Waals surface area contributed by atoms with Gasteiger partial charge in [-0.15, -0.1) is 0 Å². The second-order valence-corrected chi connectivity index (χ2v) is 4.85. The van der Waals surface area contributed by atoms with Gasteiger partial charge in [-0.3, -0.25) is 0 Å². The summed E-state index contributed by atoms with van der Waals surface area (Å²) in [5.41, 5.74) is 0. The topological polar surface area (TPSA) is 3.24 Å². The molecule has 116 valence electrons. The fourth-order valence-electron chi connectivity index (χ4n) is 2.21. The van der Waals surface area contributed by atoms with Crippen molar-refractivity contribution in [2.45, 2.75) is 20.8 Å². The molecule has 0 fully saturated rings. The lowest BCUT2D eigenvalue weighted by Crippen LogP contribution is -2.48. The molecule has 0 aliphatic heterocycles. The summed E-state index contributed by atoms with van der Waals surface area (Å²) in [4.78, 5) is 2.38. The summed E-state index contributed by atoms with van der Waals surface area (Å²) in [6.07, 6.45) is 7.76. The van der Waals surface area contributed by atoms with E-state index in [2.05, 4.69) is 52.0 Å². The third-order valence-electron chi connectivity index (χ3n) is 3.41. The average molecular weight is 279 g/mol. The fraction of sp³-hybridized carbons (Fsp3) is 0.556. The minimum Gasteiger partial charge on any atom is -0.311 e. The molecule has 0 aliphatic carbocycles. The number of hydrogen-bond acceptors (Lipinski definition) is 1. The first kappa shape index (κ1) is 21.2. The zero-order chi connectivity index (χ0) is 15.9. The van der Waals surface area contributed by atoms with Crippen LogP contribution in [0.5, 0.6) is 0 Å². The molecule has 0 saturated heterocycles. The molecule has 0 aromatic rings. The van der Waals surface area contributed by atoms with Crippen molar-refractivity contribution in [2.75, 3.05) is 45.8 Å². The Morgan fingerprint density at radius 3 is 1.00 bits per heavy atom. The largest absolute Gasteiger partial charge is 0.311 e. The lowest BCUT2D eigenvalue weighted by molar-refractivity contribution is -0.906. The normalized spacial score (nSPS) is 10.4. The zero-order valence-electron chi connectivity index (χ0n) is 14.0. The zero-order valence-corrected chi connectivity index (χ0v) is 14.0. The van der Waals surface area contributed by atoms with Gasteiger partial charge in [-0.05, 0) is 43.9 Å². The molecule has 0 aliphatic rings. The number of nitrogens with zero attached hydrogens (tertiary/aromatic N) is 2. The molecule has 0 rings (SSSR count). The van der Waals surface area contributed by atoms with Crippen molar-refractivity contribution in [3.05, 3.63) is 50.6 Å². The maximum absolute atomic E-state index is 3.77. The van der Waals surface area contributed by atoms with Crippen LogP contribution in [-0.4, -0.2) is 55.2 Å². The average Bonchev–Trinajstić information content (AvgIpc) is 2.43. The molecule has 2 nitrogen and oxygen atoms in total. The van der Waals surface area contributed by atoms with E-state index < -0.39 is 0 Å². The van der Waals surface area contributed by atoms with E-state index in [1.165, 1.54) is 19.6 Å². The summed E-state index contributed by atoms with van der Waals surface area (Å²) in [6.45, 7) is 29.0. The van der Waals surface area contributed by atoms with Crippen molar-refractivity contribution in [1.29, 1.82) is 0 Å². The van der Waals surface area contributed by atoms with Gasteiger partial charge >= 0.3 is 0 Å². The third kappa shape index (κ3) is 9.76. The van der Waals surface area contributed by atoms with Gasteiger partial charge in [0.15, 0.2) is 0 Å². The Labute approximate surface area is 127 Å². The molecule has 0 bridgehead atoms. The van der Waals surface area contributed by atoms with Crippen molar-refractivity contribution in [1.82, 2.24) is 4.90 Å². The highest BCUT2D eigenvalue weighted by Gasteiger charge is 2.20. The Balaban J connectivity index is 0. The van der Waals surface area contributed by atoms with Crippen LogP contribution in [0.1, 0.15) is 20.8 Å². The van der Waals surface area contributed by atoms with Gasteiger partial charge in [0.1, 0.15) is 0 Å². The third-order valence-corrected chi connectivity index (χ3v) is 3.41. The standard InChI is InChI=1S/C12H20N.C6H15N/c1-5-9-13(10-6-2,11-7-3)12-8-4;1-4-7(5-2)6-3/h5-8H,1-4,9-12H2;4-6H2,1-3H3/q+1;. The SMILES string of the molecule is C=CC[N+](CC=C)(CC=C)CC=C.CCN(CC)CC. The summed E-state index contributed by atoms with van der Waals surface area (Å²) in [5, 5.41) is 0. The van der Waals surface area contributed by atoms with Gasteiger partial charge < -0.3 is 9.38 Å². The first-order valence-electron chi connectivity index (χ1n) is 7.60. The molecule has 0 unspecified atom stereocenters. The molecule has 0 atom stereocenters. The van der Waals surface area contributed by atoms with E-state index in [0.717, 1.165) is 30.7 Å². The minimum atomic E-state index is 0.903. The summed E-state index contributed by atoms with van der Waals surface area (Å²) in [6, 6.07) is 0. The lowest BCUT2D eigenvalue weighted by Gasteiger charge is -2.35. The Kier molecular flexibility index (Phi) is 15.1. The monoisotopic (exact) mass is 279 g/mol. The van der Waals surface area contributed by atoms with Crippen LogP contribution < -0.4 is 0 Å². The van der Waals surface area contributed by atoms with Gasteiger partial charge in [0.05, 0.1) is 26.2 Å². The van der Waals surface area contributed by atoms with Crippen molar-refractivity contribution in [2.24, 2.45) is 0 Å².